The number of nitrogens with zero attached hydrogens (tertiary/aromatic N) is 3. The van der Waals surface area contributed by atoms with E-state index in [0.717, 1.165) is 26.2 Å². The van der Waals surface area contributed by atoms with Crippen molar-refractivity contribution in [2.24, 2.45) is 0 Å². The first kappa shape index (κ1) is 16.4. The zero-order chi connectivity index (χ0) is 14.9. The van der Waals surface area contributed by atoms with Gasteiger partial charge in [-0.05, 0) is 44.4 Å². The minimum absolute atomic E-state index is 0.651. The van der Waals surface area contributed by atoms with E-state index in [1.54, 1.807) is 7.11 Å². The molecule has 0 unspecified atom stereocenters. The molecule has 1 aromatic heterocycles. The zero-order valence-corrected chi connectivity index (χ0v) is 13.5. The summed E-state index contributed by atoms with van der Waals surface area (Å²) in [5.74, 6) is 0. The van der Waals surface area contributed by atoms with Gasteiger partial charge in [-0.3, -0.25) is 14.8 Å². The third-order valence-electron chi connectivity index (χ3n) is 4.27. The Morgan fingerprint density at radius 2 is 2.19 bits per heavy atom. The average Bonchev–Trinajstić information content (AvgIpc) is 2.50. The minimum Gasteiger partial charge on any atom is -0.385 e. The first-order chi connectivity index (χ1) is 10.3. The van der Waals surface area contributed by atoms with Gasteiger partial charge in [-0.2, -0.15) is 0 Å². The number of rotatable bonds is 8. The highest BCUT2D eigenvalue weighted by Crippen LogP contribution is 2.13. The van der Waals surface area contributed by atoms with Crippen LogP contribution >= 0.6 is 0 Å². The molecule has 4 nitrogen and oxygen atoms in total. The van der Waals surface area contributed by atoms with Crippen LogP contribution in [0.2, 0.25) is 0 Å². The number of methoxy groups -OCH3 is 1. The van der Waals surface area contributed by atoms with Gasteiger partial charge in [0.25, 0.3) is 0 Å². The Bertz CT molecular complexity index is 385. The summed E-state index contributed by atoms with van der Waals surface area (Å²) >= 11 is 0. The van der Waals surface area contributed by atoms with E-state index in [-0.39, 0.29) is 0 Å². The molecule has 0 aromatic carbocycles. The van der Waals surface area contributed by atoms with Crippen molar-refractivity contribution < 1.29 is 4.74 Å². The van der Waals surface area contributed by atoms with Gasteiger partial charge in [-0.25, -0.2) is 0 Å². The highest BCUT2D eigenvalue weighted by molar-refractivity contribution is 5.08. The van der Waals surface area contributed by atoms with Gasteiger partial charge in [0.15, 0.2) is 0 Å². The fourth-order valence-electron chi connectivity index (χ4n) is 3.03. The molecule has 2 rings (SSSR count). The monoisotopic (exact) mass is 291 g/mol. The highest BCUT2D eigenvalue weighted by Gasteiger charge is 2.22. The number of unbranched alkanes of at least 4 members (excludes halogenated alkanes) is 2. The molecule has 1 fully saturated rings. The van der Waals surface area contributed by atoms with Gasteiger partial charge in [0.2, 0.25) is 0 Å². The number of hydrogen-bond acceptors (Lipinski definition) is 4. The van der Waals surface area contributed by atoms with Crippen LogP contribution in [0.1, 0.15) is 31.7 Å². The lowest BCUT2D eigenvalue weighted by atomic mass is 10.1. The van der Waals surface area contributed by atoms with Gasteiger partial charge in [0.05, 0.1) is 0 Å². The fourth-order valence-corrected chi connectivity index (χ4v) is 3.03. The minimum atomic E-state index is 0.651. The fraction of sp³-hybridized carbons (Fsp3) is 0.706. The van der Waals surface area contributed by atoms with Gasteiger partial charge in [-0.15, -0.1) is 0 Å². The van der Waals surface area contributed by atoms with Crippen LogP contribution < -0.4 is 0 Å². The third kappa shape index (κ3) is 5.73. The van der Waals surface area contributed by atoms with Crippen molar-refractivity contribution in [3.05, 3.63) is 30.1 Å². The van der Waals surface area contributed by atoms with E-state index in [2.05, 4.69) is 27.8 Å². The van der Waals surface area contributed by atoms with E-state index in [1.807, 2.05) is 18.5 Å². The van der Waals surface area contributed by atoms with Crippen LogP contribution in [0.25, 0.3) is 0 Å². The second kappa shape index (κ2) is 9.13. The molecule has 2 heterocycles. The van der Waals surface area contributed by atoms with E-state index >= 15 is 0 Å². The molecule has 21 heavy (non-hydrogen) atoms. The first-order valence-electron chi connectivity index (χ1n) is 8.14. The van der Waals surface area contributed by atoms with Crippen LogP contribution in [0.5, 0.6) is 0 Å². The molecule has 1 aromatic rings. The Morgan fingerprint density at radius 1 is 1.29 bits per heavy atom. The Kier molecular flexibility index (Phi) is 7.13. The van der Waals surface area contributed by atoms with E-state index in [1.165, 1.54) is 37.9 Å². The Labute approximate surface area is 129 Å². The van der Waals surface area contributed by atoms with Crippen LogP contribution in [0.4, 0.5) is 0 Å². The van der Waals surface area contributed by atoms with Gasteiger partial charge in [-0.1, -0.05) is 6.07 Å². The number of aromatic nitrogens is 1. The molecule has 0 saturated carbocycles. The topological polar surface area (TPSA) is 28.6 Å². The maximum atomic E-state index is 5.10. The summed E-state index contributed by atoms with van der Waals surface area (Å²) in [6.45, 7) is 9.01. The molecule has 0 radical (unpaired) electrons. The van der Waals surface area contributed by atoms with Gasteiger partial charge >= 0.3 is 0 Å². The molecule has 0 N–H and O–H groups in total. The lowest BCUT2D eigenvalue weighted by molar-refractivity contribution is 0.0768. The number of hydrogen-bond donors (Lipinski definition) is 0. The van der Waals surface area contributed by atoms with Gasteiger partial charge < -0.3 is 4.74 Å². The molecule has 118 valence electrons. The summed E-state index contributed by atoms with van der Waals surface area (Å²) in [7, 11) is 1.78. The van der Waals surface area contributed by atoms with E-state index < -0.39 is 0 Å². The van der Waals surface area contributed by atoms with Crippen molar-refractivity contribution in [2.75, 3.05) is 39.9 Å². The molecule has 1 aliphatic rings. The average molecular weight is 291 g/mol. The molecule has 1 atom stereocenters. The Morgan fingerprint density at radius 3 is 2.90 bits per heavy atom. The Balaban J connectivity index is 1.67. The molecule has 1 aliphatic heterocycles. The van der Waals surface area contributed by atoms with Crippen molar-refractivity contribution in [1.29, 1.82) is 0 Å². The Hall–Kier alpha value is -0.970. The predicted octanol–water partition coefficient (Wildman–Crippen LogP) is 2.40. The second-order valence-corrected chi connectivity index (χ2v) is 6.03. The number of ether oxygens (including phenoxy) is 1. The largest absolute Gasteiger partial charge is 0.385 e. The van der Waals surface area contributed by atoms with Gasteiger partial charge in [0.1, 0.15) is 0 Å². The molecule has 0 aliphatic carbocycles. The van der Waals surface area contributed by atoms with Crippen LogP contribution in [-0.2, 0) is 11.3 Å². The SMILES string of the molecule is COCCCCCN1CCN(Cc2cccnc2)C[C@H]1C. The standard InChI is InChI=1S/C17H29N3O/c1-16-14-19(15-17-7-6-8-18-13-17)10-11-20(16)9-4-3-5-12-21-2/h6-8,13,16H,3-5,9-12,14-15H2,1-2H3/t16-/m1/s1. The summed E-state index contributed by atoms with van der Waals surface area (Å²) in [4.78, 5) is 9.38. The van der Waals surface area contributed by atoms with Crippen molar-refractivity contribution in [3.8, 4) is 0 Å². The summed E-state index contributed by atoms with van der Waals surface area (Å²) in [5.41, 5.74) is 1.32. The summed E-state index contributed by atoms with van der Waals surface area (Å²) < 4.78 is 5.10. The number of pyridine rings is 1. The molecule has 4 heteroatoms. The van der Waals surface area contributed by atoms with Crippen molar-refractivity contribution >= 4 is 0 Å². The number of piperazine rings is 1. The lowest BCUT2D eigenvalue weighted by Gasteiger charge is -2.40. The quantitative estimate of drug-likeness (QED) is 0.688. The summed E-state index contributed by atoms with van der Waals surface area (Å²) in [6, 6.07) is 4.84. The van der Waals surface area contributed by atoms with E-state index in [0.29, 0.717) is 6.04 Å². The molecule has 0 bridgehead atoms. The smallest absolute Gasteiger partial charge is 0.0462 e. The lowest BCUT2D eigenvalue weighted by Crippen LogP contribution is -2.51. The van der Waals surface area contributed by atoms with Crippen LogP contribution in [-0.4, -0.2) is 60.7 Å². The van der Waals surface area contributed by atoms with E-state index in [4.69, 9.17) is 4.74 Å². The normalized spacial score (nSPS) is 20.8. The maximum Gasteiger partial charge on any atom is 0.0462 e. The second-order valence-electron chi connectivity index (χ2n) is 6.03. The van der Waals surface area contributed by atoms with E-state index in [9.17, 15) is 0 Å². The van der Waals surface area contributed by atoms with Crippen molar-refractivity contribution in [2.45, 2.75) is 38.8 Å². The maximum absolute atomic E-state index is 5.10. The summed E-state index contributed by atoms with van der Waals surface area (Å²) in [5, 5.41) is 0. The van der Waals surface area contributed by atoms with Crippen LogP contribution in [0, 0.1) is 0 Å². The highest BCUT2D eigenvalue weighted by atomic mass is 16.5. The first-order valence-corrected chi connectivity index (χ1v) is 8.14. The van der Waals surface area contributed by atoms with Crippen LogP contribution in [0.15, 0.2) is 24.5 Å². The predicted molar refractivity (Wildman–Crippen MR) is 86.3 cm³/mol. The molecule has 0 spiro atoms. The van der Waals surface area contributed by atoms with Crippen molar-refractivity contribution in [3.63, 3.8) is 0 Å². The molecular formula is C17H29N3O. The summed E-state index contributed by atoms with van der Waals surface area (Å²) in [6.07, 6.45) is 7.57. The van der Waals surface area contributed by atoms with Gasteiger partial charge in [0, 0.05) is 58.3 Å². The molecular weight excluding hydrogens is 262 g/mol. The van der Waals surface area contributed by atoms with Crippen molar-refractivity contribution in [1.82, 2.24) is 14.8 Å². The molecule has 0 amide bonds. The molecule has 1 saturated heterocycles. The van der Waals surface area contributed by atoms with Crippen LogP contribution in [0.3, 0.4) is 0 Å². The third-order valence-corrected chi connectivity index (χ3v) is 4.27. The zero-order valence-electron chi connectivity index (χ0n) is 13.5.